The predicted molar refractivity (Wildman–Crippen MR) is 61.3 cm³/mol. The highest BCUT2D eigenvalue weighted by molar-refractivity contribution is 5.81. The minimum atomic E-state index is -1.11. The van der Waals surface area contributed by atoms with Gasteiger partial charge >= 0.3 is 6.09 Å². The molecule has 0 aliphatic rings. The van der Waals surface area contributed by atoms with Gasteiger partial charge in [0, 0.05) is 11.8 Å². The molecule has 16 heavy (non-hydrogen) atoms. The topological polar surface area (TPSA) is 62.2 Å². The average molecular weight is 214 g/mol. The van der Waals surface area contributed by atoms with Crippen LogP contribution in [0.4, 0.5) is 10.6 Å². The summed E-state index contributed by atoms with van der Waals surface area (Å²) in [4.78, 5) is 14.4. The second kappa shape index (κ2) is 4.44. The lowest BCUT2D eigenvalue weighted by Gasteiger charge is -2.02. The van der Waals surface area contributed by atoms with Crippen LogP contribution in [0.3, 0.4) is 0 Å². The summed E-state index contributed by atoms with van der Waals surface area (Å²) in [6.45, 7) is 0. The second-order valence-corrected chi connectivity index (χ2v) is 3.23. The molecule has 0 unspecified atom stereocenters. The summed E-state index contributed by atoms with van der Waals surface area (Å²) in [6.07, 6.45) is 0.528. The van der Waals surface area contributed by atoms with Crippen molar-refractivity contribution >= 4 is 11.9 Å². The van der Waals surface area contributed by atoms with Gasteiger partial charge in [-0.2, -0.15) is 0 Å². The molecule has 0 aliphatic carbocycles. The molecule has 0 saturated heterocycles. The van der Waals surface area contributed by atoms with Gasteiger partial charge in [0.2, 0.25) is 0 Å². The third kappa shape index (κ3) is 2.36. The number of benzene rings is 1. The predicted octanol–water partition coefficient (Wildman–Crippen LogP) is 2.84. The van der Waals surface area contributed by atoms with E-state index in [0.29, 0.717) is 5.82 Å². The Morgan fingerprint density at radius 3 is 2.38 bits per heavy atom. The number of amides is 1. The van der Waals surface area contributed by atoms with Crippen LogP contribution in [0.2, 0.25) is 0 Å². The number of pyridine rings is 1. The summed E-state index contributed by atoms with van der Waals surface area (Å²) in [7, 11) is 0. The van der Waals surface area contributed by atoms with Crippen LogP contribution in [0, 0.1) is 0 Å². The van der Waals surface area contributed by atoms with E-state index in [-0.39, 0.29) is 0 Å². The third-order valence-electron chi connectivity index (χ3n) is 2.11. The first-order chi connectivity index (χ1) is 7.75. The molecule has 4 heteroatoms. The Morgan fingerprint density at radius 2 is 1.81 bits per heavy atom. The van der Waals surface area contributed by atoms with E-state index in [2.05, 4.69) is 10.3 Å². The zero-order chi connectivity index (χ0) is 11.4. The van der Waals surface area contributed by atoms with Crippen molar-refractivity contribution in [3.63, 3.8) is 0 Å². The molecule has 0 fully saturated rings. The minimum Gasteiger partial charge on any atom is -0.465 e. The number of carbonyl (C=O) groups is 1. The molecule has 4 nitrogen and oxygen atoms in total. The lowest BCUT2D eigenvalue weighted by atomic mass is 10.1. The Balaban J connectivity index is 2.23. The number of rotatable bonds is 2. The monoisotopic (exact) mass is 214 g/mol. The summed E-state index contributed by atoms with van der Waals surface area (Å²) >= 11 is 0. The van der Waals surface area contributed by atoms with Crippen molar-refractivity contribution in [1.82, 2.24) is 4.98 Å². The van der Waals surface area contributed by atoms with Gasteiger partial charge in [0.05, 0.1) is 0 Å². The molecule has 0 spiro atoms. The molecule has 1 heterocycles. The molecule has 1 aromatic carbocycles. The Kier molecular flexibility index (Phi) is 2.82. The Labute approximate surface area is 92.6 Å². The van der Waals surface area contributed by atoms with E-state index in [4.69, 9.17) is 5.11 Å². The van der Waals surface area contributed by atoms with E-state index in [9.17, 15) is 4.79 Å². The van der Waals surface area contributed by atoms with E-state index >= 15 is 0 Å². The third-order valence-corrected chi connectivity index (χ3v) is 2.11. The van der Waals surface area contributed by atoms with Crippen LogP contribution in [0.5, 0.6) is 0 Å². The average Bonchev–Trinajstić information content (AvgIpc) is 2.30. The number of nitrogens with one attached hydrogen (secondary N) is 1. The lowest BCUT2D eigenvalue weighted by molar-refractivity contribution is 0.209. The molecule has 80 valence electrons. The highest BCUT2D eigenvalue weighted by Crippen LogP contribution is 2.18. The molecular weight excluding hydrogens is 204 g/mol. The molecule has 1 amide bonds. The molecule has 0 saturated carbocycles. The van der Waals surface area contributed by atoms with Crippen LogP contribution in [-0.4, -0.2) is 16.2 Å². The fourth-order valence-electron chi connectivity index (χ4n) is 1.38. The fraction of sp³-hybridized carbons (Fsp3) is 0. The van der Waals surface area contributed by atoms with Gasteiger partial charge < -0.3 is 5.11 Å². The summed E-state index contributed by atoms with van der Waals surface area (Å²) in [5.74, 6) is 0.326. The van der Waals surface area contributed by atoms with Crippen LogP contribution >= 0.6 is 0 Å². The van der Waals surface area contributed by atoms with E-state index in [1.54, 1.807) is 12.3 Å². The van der Waals surface area contributed by atoms with E-state index in [0.717, 1.165) is 11.1 Å². The number of carboxylic acid groups (broad SMARTS) is 1. The van der Waals surface area contributed by atoms with Crippen LogP contribution in [0.25, 0.3) is 11.1 Å². The van der Waals surface area contributed by atoms with Crippen molar-refractivity contribution in [3.8, 4) is 11.1 Å². The maximum absolute atomic E-state index is 10.4. The molecule has 2 N–H and O–H groups in total. The number of nitrogens with zero attached hydrogens (tertiary/aromatic N) is 1. The fourth-order valence-corrected chi connectivity index (χ4v) is 1.38. The number of anilines is 1. The zero-order valence-corrected chi connectivity index (χ0v) is 8.42. The SMILES string of the molecule is O=C(O)Nc1ccc(-c2ccccc2)cn1. The van der Waals surface area contributed by atoms with Crippen molar-refractivity contribution in [2.24, 2.45) is 0 Å². The van der Waals surface area contributed by atoms with Crippen LogP contribution in [0.1, 0.15) is 0 Å². The normalized spacial score (nSPS) is 9.75. The molecule has 1 aromatic heterocycles. The van der Waals surface area contributed by atoms with Crippen molar-refractivity contribution in [2.75, 3.05) is 5.32 Å². The van der Waals surface area contributed by atoms with Crippen molar-refractivity contribution in [2.45, 2.75) is 0 Å². The first kappa shape index (κ1) is 10.2. The molecule has 0 bridgehead atoms. The summed E-state index contributed by atoms with van der Waals surface area (Å²) in [5.41, 5.74) is 2.01. The van der Waals surface area contributed by atoms with Crippen LogP contribution < -0.4 is 5.32 Å². The molecular formula is C12H10N2O2. The number of hydrogen-bond acceptors (Lipinski definition) is 2. The largest absolute Gasteiger partial charge is 0.465 e. The van der Waals surface area contributed by atoms with Gasteiger partial charge in [-0.3, -0.25) is 5.32 Å². The summed E-state index contributed by atoms with van der Waals surface area (Å²) in [5, 5.41) is 10.7. The minimum absolute atomic E-state index is 0.326. The standard InChI is InChI=1S/C12H10N2O2/c15-12(16)14-11-7-6-10(8-13-11)9-4-2-1-3-5-9/h1-8H,(H,13,14)(H,15,16). The Morgan fingerprint density at radius 1 is 1.06 bits per heavy atom. The molecule has 0 radical (unpaired) electrons. The van der Waals surface area contributed by atoms with Crippen molar-refractivity contribution in [3.05, 3.63) is 48.7 Å². The van der Waals surface area contributed by atoms with E-state index in [1.165, 1.54) is 0 Å². The van der Waals surface area contributed by atoms with Crippen LogP contribution in [-0.2, 0) is 0 Å². The number of hydrogen-bond donors (Lipinski definition) is 2. The van der Waals surface area contributed by atoms with Crippen molar-refractivity contribution < 1.29 is 9.90 Å². The Bertz CT molecular complexity index is 480. The number of aromatic nitrogens is 1. The Hall–Kier alpha value is -2.36. The van der Waals surface area contributed by atoms with Gasteiger partial charge in [-0.05, 0) is 17.7 Å². The molecule has 0 aliphatic heterocycles. The maximum atomic E-state index is 10.4. The zero-order valence-electron chi connectivity index (χ0n) is 8.42. The van der Waals surface area contributed by atoms with Gasteiger partial charge in [0.15, 0.2) is 0 Å². The summed E-state index contributed by atoms with van der Waals surface area (Å²) in [6, 6.07) is 13.2. The van der Waals surface area contributed by atoms with E-state index < -0.39 is 6.09 Å². The highest BCUT2D eigenvalue weighted by atomic mass is 16.4. The first-order valence-electron chi connectivity index (χ1n) is 4.77. The van der Waals surface area contributed by atoms with Gasteiger partial charge in [0.25, 0.3) is 0 Å². The second-order valence-electron chi connectivity index (χ2n) is 3.23. The maximum Gasteiger partial charge on any atom is 0.410 e. The lowest BCUT2D eigenvalue weighted by Crippen LogP contribution is -2.08. The van der Waals surface area contributed by atoms with Gasteiger partial charge in [-0.25, -0.2) is 9.78 Å². The first-order valence-corrected chi connectivity index (χ1v) is 4.77. The molecule has 0 atom stereocenters. The highest BCUT2D eigenvalue weighted by Gasteiger charge is 2.00. The van der Waals surface area contributed by atoms with Gasteiger partial charge in [-0.1, -0.05) is 30.3 Å². The van der Waals surface area contributed by atoms with Gasteiger partial charge in [0.1, 0.15) is 5.82 Å². The van der Waals surface area contributed by atoms with Crippen LogP contribution in [0.15, 0.2) is 48.7 Å². The quantitative estimate of drug-likeness (QED) is 0.807. The van der Waals surface area contributed by atoms with Crippen molar-refractivity contribution in [1.29, 1.82) is 0 Å². The molecule has 2 rings (SSSR count). The van der Waals surface area contributed by atoms with Gasteiger partial charge in [-0.15, -0.1) is 0 Å². The van der Waals surface area contributed by atoms with E-state index in [1.807, 2.05) is 36.4 Å². The smallest absolute Gasteiger partial charge is 0.410 e. The molecule has 2 aromatic rings. The summed E-state index contributed by atoms with van der Waals surface area (Å²) < 4.78 is 0.